The van der Waals surface area contributed by atoms with Crippen LogP contribution >= 0.6 is 11.6 Å². The van der Waals surface area contributed by atoms with Crippen LogP contribution in [0.2, 0.25) is 5.02 Å². The molecule has 3 heterocycles. The van der Waals surface area contributed by atoms with Crippen molar-refractivity contribution in [3.05, 3.63) is 87.3 Å². The highest BCUT2D eigenvalue weighted by Crippen LogP contribution is 2.46. The van der Waals surface area contributed by atoms with Crippen molar-refractivity contribution in [2.75, 3.05) is 0 Å². The number of aryl methyl sites for hydroxylation is 1. The van der Waals surface area contributed by atoms with E-state index in [9.17, 15) is 9.90 Å². The van der Waals surface area contributed by atoms with Crippen LogP contribution < -0.4 is 9.47 Å². The molecule has 4 aromatic rings. The highest BCUT2D eigenvalue weighted by molar-refractivity contribution is 6.33. The highest BCUT2D eigenvalue weighted by Gasteiger charge is 2.35. The fourth-order valence-corrected chi connectivity index (χ4v) is 5.40. The molecular formula is C30H27ClN2O5. The molecule has 1 saturated carbocycles. The predicted molar refractivity (Wildman–Crippen MR) is 142 cm³/mol. The first kappa shape index (κ1) is 24.5. The lowest BCUT2D eigenvalue weighted by Crippen LogP contribution is -2.21. The topological polar surface area (TPSA) is 94.7 Å². The number of nitrogens with zero attached hydrogens (tertiary/aromatic N) is 2. The number of fused-ring (bicyclic) bond motifs is 2. The summed E-state index contributed by atoms with van der Waals surface area (Å²) in [5.74, 6) is 1.78. The molecule has 2 aromatic carbocycles. The number of hydrogen-bond acceptors (Lipinski definition) is 6. The summed E-state index contributed by atoms with van der Waals surface area (Å²) in [6, 6.07) is 14.4. The first-order valence-electron chi connectivity index (χ1n) is 12.6. The van der Waals surface area contributed by atoms with Crippen LogP contribution in [0, 0.1) is 6.92 Å². The SMILES string of the molecule is Cc1cccc(Cl)c1-c1noc(C2CC2)c1COc1ccc2c(n1)C(C)(C)Cc1ccc(C(=O)O)cc1O2. The van der Waals surface area contributed by atoms with Crippen molar-refractivity contribution >= 4 is 17.6 Å². The second-order valence-electron chi connectivity index (χ2n) is 10.7. The summed E-state index contributed by atoms with van der Waals surface area (Å²) in [6.45, 7) is 6.43. The molecule has 7 nitrogen and oxygen atoms in total. The van der Waals surface area contributed by atoms with Gasteiger partial charge in [-0.1, -0.05) is 48.8 Å². The second kappa shape index (κ2) is 9.17. The van der Waals surface area contributed by atoms with Gasteiger partial charge in [0.25, 0.3) is 0 Å². The van der Waals surface area contributed by atoms with Gasteiger partial charge in [0.15, 0.2) is 0 Å². The van der Waals surface area contributed by atoms with Crippen LogP contribution in [0.1, 0.15) is 71.1 Å². The number of aromatic nitrogens is 2. The quantitative estimate of drug-likeness (QED) is 0.276. The molecule has 0 atom stereocenters. The van der Waals surface area contributed by atoms with Gasteiger partial charge in [0.1, 0.15) is 29.6 Å². The number of rotatable bonds is 6. The minimum atomic E-state index is -0.993. The maximum absolute atomic E-state index is 11.5. The summed E-state index contributed by atoms with van der Waals surface area (Å²) in [4.78, 5) is 16.3. The van der Waals surface area contributed by atoms with Gasteiger partial charge in [-0.15, -0.1) is 0 Å². The average Bonchev–Trinajstić information content (AvgIpc) is 3.65. The van der Waals surface area contributed by atoms with Crippen molar-refractivity contribution in [1.29, 1.82) is 0 Å². The Morgan fingerprint density at radius 1 is 1.16 bits per heavy atom. The zero-order valence-corrected chi connectivity index (χ0v) is 22.1. The Hall–Kier alpha value is -3.84. The first-order chi connectivity index (χ1) is 18.2. The summed E-state index contributed by atoms with van der Waals surface area (Å²) < 4.78 is 18.2. The third kappa shape index (κ3) is 4.41. The number of benzene rings is 2. The number of aromatic carboxylic acids is 1. The summed E-state index contributed by atoms with van der Waals surface area (Å²) in [5.41, 5.74) is 4.96. The Bertz CT molecular complexity index is 1550. The summed E-state index contributed by atoms with van der Waals surface area (Å²) in [7, 11) is 0. The van der Waals surface area contributed by atoms with Gasteiger partial charge in [0, 0.05) is 23.0 Å². The molecule has 1 N–H and O–H groups in total. The molecule has 2 aliphatic rings. The first-order valence-corrected chi connectivity index (χ1v) is 13.0. The van der Waals surface area contributed by atoms with E-state index in [-0.39, 0.29) is 17.6 Å². The number of halogens is 1. The Balaban J connectivity index is 1.32. The zero-order chi connectivity index (χ0) is 26.6. The molecule has 38 heavy (non-hydrogen) atoms. The normalized spacial score (nSPS) is 15.7. The van der Waals surface area contributed by atoms with E-state index in [4.69, 9.17) is 30.6 Å². The van der Waals surface area contributed by atoms with E-state index >= 15 is 0 Å². The predicted octanol–water partition coefficient (Wildman–Crippen LogP) is 7.48. The second-order valence-corrected chi connectivity index (χ2v) is 11.1. The molecule has 0 radical (unpaired) electrons. The number of carbonyl (C=O) groups is 1. The van der Waals surface area contributed by atoms with E-state index in [1.807, 2.05) is 37.3 Å². The van der Waals surface area contributed by atoms with Gasteiger partial charge in [0.05, 0.1) is 21.8 Å². The Morgan fingerprint density at radius 3 is 2.71 bits per heavy atom. The average molecular weight is 531 g/mol. The van der Waals surface area contributed by atoms with Gasteiger partial charge in [-0.05, 0) is 61.6 Å². The molecule has 1 aliphatic carbocycles. The van der Waals surface area contributed by atoms with E-state index in [0.717, 1.165) is 46.5 Å². The largest absolute Gasteiger partial charge is 0.478 e. The lowest BCUT2D eigenvalue weighted by atomic mass is 9.82. The monoisotopic (exact) mass is 530 g/mol. The summed E-state index contributed by atoms with van der Waals surface area (Å²) in [5, 5.41) is 14.4. The number of carboxylic acids is 1. The van der Waals surface area contributed by atoms with Crippen molar-refractivity contribution in [1.82, 2.24) is 10.1 Å². The smallest absolute Gasteiger partial charge is 0.335 e. The van der Waals surface area contributed by atoms with Gasteiger partial charge in [-0.25, -0.2) is 9.78 Å². The molecule has 0 spiro atoms. The summed E-state index contributed by atoms with van der Waals surface area (Å²) >= 11 is 6.57. The maximum Gasteiger partial charge on any atom is 0.335 e. The Kier molecular flexibility index (Phi) is 5.91. The number of hydrogen-bond donors (Lipinski definition) is 1. The van der Waals surface area contributed by atoms with Crippen LogP contribution in [0.5, 0.6) is 17.4 Å². The van der Waals surface area contributed by atoms with Gasteiger partial charge < -0.3 is 19.1 Å². The van der Waals surface area contributed by atoms with Crippen molar-refractivity contribution < 1.29 is 23.9 Å². The fraction of sp³-hybridized carbons (Fsp3) is 0.300. The van der Waals surface area contributed by atoms with Crippen LogP contribution in [-0.4, -0.2) is 21.2 Å². The van der Waals surface area contributed by atoms with Crippen molar-refractivity contribution in [3.8, 4) is 28.6 Å². The van der Waals surface area contributed by atoms with E-state index < -0.39 is 5.97 Å². The molecule has 0 unspecified atom stereocenters. The minimum Gasteiger partial charge on any atom is -0.478 e. The molecule has 8 heteroatoms. The lowest BCUT2D eigenvalue weighted by Gasteiger charge is -2.23. The third-order valence-electron chi connectivity index (χ3n) is 7.23. The zero-order valence-electron chi connectivity index (χ0n) is 21.4. The van der Waals surface area contributed by atoms with Crippen molar-refractivity contribution in [3.63, 3.8) is 0 Å². The van der Waals surface area contributed by atoms with Crippen LogP contribution in [0.4, 0.5) is 0 Å². The van der Waals surface area contributed by atoms with Crippen LogP contribution in [-0.2, 0) is 18.4 Å². The number of carboxylic acid groups (broad SMARTS) is 1. The molecule has 0 amide bonds. The highest BCUT2D eigenvalue weighted by atomic mass is 35.5. The molecule has 0 saturated heterocycles. The molecule has 1 aliphatic heterocycles. The minimum absolute atomic E-state index is 0.183. The van der Waals surface area contributed by atoms with Gasteiger partial charge in [-0.3, -0.25) is 0 Å². The Labute approximate surface area is 225 Å². The fourth-order valence-electron chi connectivity index (χ4n) is 5.09. The van der Waals surface area contributed by atoms with E-state index in [1.54, 1.807) is 18.2 Å². The lowest BCUT2D eigenvalue weighted by molar-refractivity contribution is 0.0696. The maximum atomic E-state index is 11.5. The van der Waals surface area contributed by atoms with Gasteiger partial charge in [0.2, 0.25) is 5.88 Å². The van der Waals surface area contributed by atoms with Gasteiger partial charge in [-0.2, -0.15) is 0 Å². The van der Waals surface area contributed by atoms with Crippen molar-refractivity contribution in [2.24, 2.45) is 0 Å². The van der Waals surface area contributed by atoms with Crippen LogP contribution in [0.15, 0.2) is 53.1 Å². The van der Waals surface area contributed by atoms with E-state index in [2.05, 4.69) is 19.0 Å². The van der Waals surface area contributed by atoms with E-state index in [1.165, 1.54) is 0 Å². The van der Waals surface area contributed by atoms with E-state index in [0.29, 0.717) is 40.4 Å². The molecular weight excluding hydrogens is 504 g/mol. The Morgan fingerprint density at radius 2 is 1.97 bits per heavy atom. The third-order valence-corrected chi connectivity index (χ3v) is 7.54. The summed E-state index contributed by atoms with van der Waals surface area (Å²) in [6.07, 6.45) is 2.77. The number of pyridine rings is 1. The molecule has 1 fully saturated rings. The molecule has 6 rings (SSSR count). The van der Waals surface area contributed by atoms with Crippen molar-refractivity contribution in [2.45, 2.75) is 58.0 Å². The molecule has 0 bridgehead atoms. The molecule has 2 aromatic heterocycles. The van der Waals surface area contributed by atoms with Gasteiger partial charge >= 0.3 is 5.97 Å². The van der Waals surface area contributed by atoms with Crippen LogP contribution in [0.3, 0.4) is 0 Å². The standard InChI is InChI=1S/C30H27ClN2O5/c1-16-5-4-6-21(31)25(16)26-20(27(38-33-26)17-7-8-17)15-36-24-12-11-22-28(32-24)30(2,3)14-19-10-9-18(29(34)35)13-23(19)37-22/h4-6,9-13,17H,7-8,14-15H2,1-3H3,(H,34,35). The van der Waals surface area contributed by atoms with Crippen LogP contribution in [0.25, 0.3) is 11.3 Å². The number of ether oxygens (including phenoxy) is 2. The molecule has 194 valence electrons.